The first-order valence-corrected chi connectivity index (χ1v) is 6.32. The molecule has 0 aliphatic rings. The van der Waals surface area contributed by atoms with Gasteiger partial charge < -0.3 is 9.88 Å². The van der Waals surface area contributed by atoms with E-state index in [1.165, 1.54) is 6.07 Å². The average molecular weight is 270 g/mol. The second kappa shape index (κ2) is 5.25. The van der Waals surface area contributed by atoms with E-state index in [0.29, 0.717) is 17.4 Å². The molecule has 1 aromatic carbocycles. The Morgan fingerprint density at radius 1 is 1.26 bits per heavy atom. The molecule has 0 unspecified atom stereocenters. The summed E-state index contributed by atoms with van der Waals surface area (Å²) in [7, 11) is 1.83. The number of likely N-dealkylation sites (N-methyl/N-ethyl adjacent to an activating group) is 1. The van der Waals surface area contributed by atoms with Gasteiger partial charge in [0.1, 0.15) is 0 Å². The molecule has 0 spiro atoms. The van der Waals surface area contributed by atoms with E-state index in [0.717, 1.165) is 24.7 Å². The van der Waals surface area contributed by atoms with Crippen LogP contribution in [-0.4, -0.2) is 18.2 Å². The van der Waals surface area contributed by atoms with Crippen LogP contribution in [0.5, 0.6) is 0 Å². The maximum Gasteiger partial charge on any atom is 0.418 e. The number of fused-ring (bicyclic) bond motifs is 1. The van der Waals surface area contributed by atoms with Crippen LogP contribution in [0.15, 0.2) is 24.3 Å². The quantitative estimate of drug-likeness (QED) is 0.900. The van der Waals surface area contributed by atoms with E-state index in [-0.39, 0.29) is 0 Å². The summed E-state index contributed by atoms with van der Waals surface area (Å²) >= 11 is 0. The number of aromatic nitrogens is 1. The molecule has 5 heteroatoms. The lowest BCUT2D eigenvalue weighted by Gasteiger charge is -2.13. The molecule has 1 heterocycles. The summed E-state index contributed by atoms with van der Waals surface area (Å²) in [4.78, 5) is 0. The number of para-hydroxylation sites is 1. The zero-order valence-electron chi connectivity index (χ0n) is 11.0. The van der Waals surface area contributed by atoms with Crippen LogP contribution in [0.1, 0.15) is 18.2 Å². The minimum Gasteiger partial charge on any atom is -0.344 e. The van der Waals surface area contributed by atoms with Crippen LogP contribution in [0, 0.1) is 0 Å². The monoisotopic (exact) mass is 270 g/mol. The van der Waals surface area contributed by atoms with Gasteiger partial charge in [-0.05, 0) is 26.1 Å². The fraction of sp³-hybridized carbons (Fsp3) is 0.429. The highest BCUT2D eigenvalue weighted by Crippen LogP contribution is 2.36. The van der Waals surface area contributed by atoms with Gasteiger partial charge >= 0.3 is 6.18 Å². The van der Waals surface area contributed by atoms with E-state index < -0.39 is 11.7 Å². The number of benzene rings is 1. The van der Waals surface area contributed by atoms with Gasteiger partial charge in [-0.25, -0.2) is 0 Å². The summed E-state index contributed by atoms with van der Waals surface area (Å²) in [5.41, 5.74) is 0.676. The van der Waals surface area contributed by atoms with Crippen molar-refractivity contribution >= 4 is 10.9 Å². The third kappa shape index (κ3) is 2.61. The maximum atomic E-state index is 13.1. The van der Waals surface area contributed by atoms with Crippen LogP contribution in [0.25, 0.3) is 10.9 Å². The maximum absolute atomic E-state index is 13.1. The Morgan fingerprint density at radius 2 is 2.00 bits per heavy atom. The van der Waals surface area contributed by atoms with Gasteiger partial charge in [0, 0.05) is 30.6 Å². The van der Waals surface area contributed by atoms with Crippen LogP contribution in [0.3, 0.4) is 0 Å². The summed E-state index contributed by atoms with van der Waals surface area (Å²) in [6, 6.07) is 6.20. The van der Waals surface area contributed by atoms with E-state index >= 15 is 0 Å². The largest absolute Gasteiger partial charge is 0.418 e. The molecular formula is C14H17F3N2. The highest BCUT2D eigenvalue weighted by Gasteiger charge is 2.33. The van der Waals surface area contributed by atoms with Crippen molar-refractivity contribution in [2.45, 2.75) is 26.1 Å². The third-order valence-electron chi connectivity index (χ3n) is 3.26. The molecule has 0 aliphatic heterocycles. The number of hydrogen-bond donors (Lipinski definition) is 1. The molecule has 0 saturated heterocycles. The van der Waals surface area contributed by atoms with Crippen molar-refractivity contribution in [2.24, 2.45) is 0 Å². The van der Waals surface area contributed by atoms with E-state index in [1.54, 1.807) is 10.6 Å². The van der Waals surface area contributed by atoms with E-state index in [1.807, 2.05) is 20.0 Å². The molecule has 0 fully saturated rings. The van der Waals surface area contributed by atoms with Crippen LogP contribution < -0.4 is 5.32 Å². The van der Waals surface area contributed by atoms with Gasteiger partial charge in [-0.3, -0.25) is 0 Å². The first kappa shape index (κ1) is 13.9. The van der Waals surface area contributed by atoms with Gasteiger partial charge in [-0.15, -0.1) is 0 Å². The lowest BCUT2D eigenvalue weighted by Crippen LogP contribution is -2.14. The van der Waals surface area contributed by atoms with Crippen molar-refractivity contribution in [3.63, 3.8) is 0 Å². The molecule has 0 aliphatic carbocycles. The molecule has 0 bridgehead atoms. The van der Waals surface area contributed by atoms with Crippen molar-refractivity contribution in [3.8, 4) is 0 Å². The van der Waals surface area contributed by atoms with Crippen molar-refractivity contribution in [3.05, 3.63) is 35.5 Å². The normalized spacial score (nSPS) is 12.3. The molecule has 1 N–H and O–H groups in total. The molecule has 0 saturated carbocycles. The van der Waals surface area contributed by atoms with Crippen LogP contribution in [0.2, 0.25) is 0 Å². The number of halogens is 3. The number of aryl methyl sites for hydroxylation is 1. The number of rotatable bonds is 4. The highest BCUT2D eigenvalue weighted by atomic mass is 19.4. The molecular weight excluding hydrogens is 253 g/mol. The minimum absolute atomic E-state index is 0.295. The Balaban J connectivity index is 2.64. The lowest BCUT2D eigenvalue weighted by molar-refractivity contribution is -0.136. The molecule has 1 aromatic heterocycles. The van der Waals surface area contributed by atoms with Crippen molar-refractivity contribution in [2.75, 3.05) is 13.6 Å². The number of nitrogens with one attached hydrogen (secondary N) is 1. The predicted octanol–water partition coefficient (Wildman–Crippen LogP) is 3.44. The summed E-state index contributed by atoms with van der Waals surface area (Å²) in [6.45, 7) is 3.16. The van der Waals surface area contributed by atoms with E-state index in [2.05, 4.69) is 5.32 Å². The van der Waals surface area contributed by atoms with Gasteiger partial charge in [0.25, 0.3) is 0 Å². The van der Waals surface area contributed by atoms with Crippen molar-refractivity contribution in [1.82, 2.24) is 9.88 Å². The molecule has 2 rings (SSSR count). The van der Waals surface area contributed by atoms with Gasteiger partial charge in [0.2, 0.25) is 0 Å². The Kier molecular flexibility index (Phi) is 3.85. The zero-order chi connectivity index (χ0) is 14.0. The number of hydrogen-bond acceptors (Lipinski definition) is 1. The minimum atomic E-state index is -4.31. The lowest BCUT2D eigenvalue weighted by atomic mass is 10.1. The first-order valence-electron chi connectivity index (χ1n) is 6.32. The van der Waals surface area contributed by atoms with E-state index in [4.69, 9.17) is 0 Å². The average Bonchev–Trinajstić information content (AvgIpc) is 2.72. The summed E-state index contributed by atoms with van der Waals surface area (Å²) in [5.74, 6) is 0. The molecule has 2 aromatic rings. The van der Waals surface area contributed by atoms with Gasteiger partial charge in [0.15, 0.2) is 0 Å². The topological polar surface area (TPSA) is 17.0 Å². The van der Waals surface area contributed by atoms with Gasteiger partial charge in [-0.2, -0.15) is 13.2 Å². The predicted molar refractivity (Wildman–Crippen MR) is 70.2 cm³/mol. The second-order valence-electron chi connectivity index (χ2n) is 4.47. The highest BCUT2D eigenvalue weighted by molar-refractivity contribution is 5.85. The summed E-state index contributed by atoms with van der Waals surface area (Å²) in [5, 5.41) is 3.68. The Labute approximate surface area is 110 Å². The number of nitrogens with zero attached hydrogens (tertiary/aromatic N) is 1. The smallest absolute Gasteiger partial charge is 0.344 e. The molecule has 0 atom stereocenters. The van der Waals surface area contributed by atoms with Gasteiger partial charge in [-0.1, -0.05) is 12.1 Å². The summed E-state index contributed by atoms with van der Waals surface area (Å²) in [6.07, 6.45) is -3.60. The van der Waals surface area contributed by atoms with Crippen LogP contribution in [0.4, 0.5) is 13.2 Å². The molecule has 104 valence electrons. The fourth-order valence-electron chi connectivity index (χ4n) is 2.43. The van der Waals surface area contributed by atoms with Crippen LogP contribution in [-0.2, 0) is 19.1 Å². The SMILES string of the molecule is CCn1c(CCNC)cc2cccc(C(F)(F)F)c21. The van der Waals surface area contributed by atoms with Crippen LogP contribution >= 0.6 is 0 Å². The zero-order valence-corrected chi connectivity index (χ0v) is 11.0. The summed E-state index contributed by atoms with van der Waals surface area (Å²) < 4.78 is 41.0. The third-order valence-corrected chi connectivity index (χ3v) is 3.26. The molecule has 19 heavy (non-hydrogen) atoms. The Hall–Kier alpha value is -1.49. The van der Waals surface area contributed by atoms with Gasteiger partial charge in [0.05, 0.1) is 11.1 Å². The van der Waals surface area contributed by atoms with Crippen molar-refractivity contribution in [1.29, 1.82) is 0 Å². The number of alkyl halides is 3. The molecule has 0 radical (unpaired) electrons. The first-order chi connectivity index (χ1) is 8.99. The molecule has 2 nitrogen and oxygen atoms in total. The second-order valence-corrected chi connectivity index (χ2v) is 4.47. The van der Waals surface area contributed by atoms with Crippen molar-refractivity contribution < 1.29 is 13.2 Å². The van der Waals surface area contributed by atoms with E-state index in [9.17, 15) is 13.2 Å². The Bertz CT molecular complexity index is 570. The fourth-order valence-corrected chi connectivity index (χ4v) is 2.43. The Morgan fingerprint density at radius 3 is 2.58 bits per heavy atom. The standard InChI is InChI=1S/C14H17F3N2/c1-3-19-11(7-8-18-2)9-10-5-4-6-12(13(10)19)14(15,16)17/h4-6,9,18H,3,7-8H2,1-2H3. The molecule has 0 amide bonds.